The summed E-state index contributed by atoms with van der Waals surface area (Å²) in [4.78, 5) is 11.5. The quantitative estimate of drug-likeness (QED) is 0.662. The van der Waals surface area contributed by atoms with Crippen LogP contribution in [0.4, 0.5) is 16.2 Å². The van der Waals surface area contributed by atoms with E-state index in [1.54, 1.807) is 18.2 Å². The van der Waals surface area contributed by atoms with Crippen molar-refractivity contribution in [3.05, 3.63) is 23.2 Å². The van der Waals surface area contributed by atoms with Crippen molar-refractivity contribution in [1.82, 2.24) is 5.32 Å². The van der Waals surface area contributed by atoms with Gasteiger partial charge in [0.2, 0.25) is 0 Å². The maximum absolute atomic E-state index is 11.5. The van der Waals surface area contributed by atoms with Gasteiger partial charge in [0, 0.05) is 11.2 Å². The van der Waals surface area contributed by atoms with Crippen molar-refractivity contribution >= 4 is 29.0 Å². The van der Waals surface area contributed by atoms with E-state index >= 15 is 0 Å². The Balaban J connectivity index is 2.67. The SMILES string of the molecule is CC(C)(C)NC(=O)Nc1ccc(Cl)c(N)c1. The number of nitrogens with one attached hydrogen (secondary N) is 2. The molecule has 0 radical (unpaired) electrons. The minimum absolute atomic E-state index is 0.269. The molecule has 1 aromatic rings. The minimum atomic E-state index is -0.276. The van der Waals surface area contributed by atoms with Crippen LogP contribution in [0.1, 0.15) is 20.8 Å². The zero-order valence-corrected chi connectivity index (χ0v) is 10.4. The van der Waals surface area contributed by atoms with Crippen molar-refractivity contribution in [2.24, 2.45) is 0 Å². The Hall–Kier alpha value is -1.42. The van der Waals surface area contributed by atoms with Crippen LogP contribution in [0.15, 0.2) is 18.2 Å². The molecule has 1 aromatic carbocycles. The highest BCUT2D eigenvalue weighted by molar-refractivity contribution is 6.33. The highest BCUT2D eigenvalue weighted by atomic mass is 35.5. The maximum Gasteiger partial charge on any atom is 0.319 e. The Labute approximate surface area is 100 Å². The van der Waals surface area contributed by atoms with Gasteiger partial charge in [0.05, 0.1) is 10.7 Å². The van der Waals surface area contributed by atoms with Crippen LogP contribution in [-0.4, -0.2) is 11.6 Å². The molecule has 0 heterocycles. The number of halogens is 1. The predicted molar refractivity (Wildman–Crippen MR) is 67.8 cm³/mol. The van der Waals surface area contributed by atoms with Crippen molar-refractivity contribution in [3.8, 4) is 0 Å². The van der Waals surface area contributed by atoms with E-state index in [2.05, 4.69) is 10.6 Å². The number of urea groups is 1. The molecule has 4 N–H and O–H groups in total. The summed E-state index contributed by atoms with van der Waals surface area (Å²) in [6, 6.07) is 4.68. The Kier molecular flexibility index (Phi) is 3.65. The van der Waals surface area contributed by atoms with Crippen LogP contribution in [-0.2, 0) is 0 Å². The molecular formula is C11H16ClN3O. The van der Waals surface area contributed by atoms with E-state index < -0.39 is 0 Å². The molecule has 0 fully saturated rings. The summed E-state index contributed by atoms with van der Waals surface area (Å²) in [5.41, 5.74) is 6.40. The van der Waals surface area contributed by atoms with Crippen molar-refractivity contribution in [2.75, 3.05) is 11.1 Å². The lowest BCUT2D eigenvalue weighted by atomic mass is 10.1. The molecule has 88 valence electrons. The summed E-state index contributed by atoms with van der Waals surface area (Å²) in [6.07, 6.45) is 0. The van der Waals surface area contributed by atoms with Gasteiger partial charge >= 0.3 is 6.03 Å². The highest BCUT2D eigenvalue weighted by Crippen LogP contribution is 2.22. The monoisotopic (exact) mass is 241 g/mol. The van der Waals surface area contributed by atoms with Crippen molar-refractivity contribution in [1.29, 1.82) is 0 Å². The van der Waals surface area contributed by atoms with Gasteiger partial charge in [0.25, 0.3) is 0 Å². The maximum atomic E-state index is 11.5. The summed E-state index contributed by atoms with van der Waals surface area (Å²) < 4.78 is 0. The first-order valence-electron chi connectivity index (χ1n) is 4.92. The summed E-state index contributed by atoms with van der Waals surface area (Å²) >= 11 is 5.77. The van der Waals surface area contributed by atoms with Crippen molar-refractivity contribution in [3.63, 3.8) is 0 Å². The van der Waals surface area contributed by atoms with Gasteiger partial charge in [-0.3, -0.25) is 0 Å². The fourth-order valence-corrected chi connectivity index (χ4v) is 1.24. The van der Waals surface area contributed by atoms with Gasteiger partial charge in [0.1, 0.15) is 0 Å². The summed E-state index contributed by atoms with van der Waals surface area (Å²) in [6.45, 7) is 5.72. The van der Waals surface area contributed by atoms with E-state index in [9.17, 15) is 4.79 Å². The van der Waals surface area contributed by atoms with E-state index in [1.807, 2.05) is 20.8 Å². The van der Waals surface area contributed by atoms with E-state index in [0.717, 1.165) is 0 Å². The Bertz CT molecular complexity index is 399. The molecule has 16 heavy (non-hydrogen) atoms. The number of hydrogen-bond donors (Lipinski definition) is 3. The van der Waals surface area contributed by atoms with Gasteiger partial charge in [-0.1, -0.05) is 11.6 Å². The average Bonchev–Trinajstić information content (AvgIpc) is 2.08. The molecule has 0 saturated heterocycles. The molecule has 0 aromatic heterocycles. The lowest BCUT2D eigenvalue weighted by Gasteiger charge is -2.20. The second kappa shape index (κ2) is 4.61. The molecule has 0 atom stereocenters. The average molecular weight is 242 g/mol. The number of rotatable bonds is 1. The van der Waals surface area contributed by atoms with Gasteiger partial charge in [-0.05, 0) is 39.0 Å². The standard InChI is InChI=1S/C11H16ClN3O/c1-11(2,3)15-10(16)14-7-4-5-8(12)9(13)6-7/h4-6H,13H2,1-3H3,(H2,14,15,16). The summed E-state index contributed by atoms with van der Waals surface area (Å²) in [7, 11) is 0. The lowest BCUT2D eigenvalue weighted by molar-refractivity contribution is 0.244. The van der Waals surface area contributed by atoms with Crippen molar-refractivity contribution < 1.29 is 4.79 Å². The van der Waals surface area contributed by atoms with Crippen LogP contribution in [0.25, 0.3) is 0 Å². The number of nitrogens with two attached hydrogens (primary N) is 1. The van der Waals surface area contributed by atoms with Crippen molar-refractivity contribution in [2.45, 2.75) is 26.3 Å². The van der Waals surface area contributed by atoms with Crippen LogP contribution in [0.3, 0.4) is 0 Å². The number of carbonyl (C=O) groups is 1. The van der Waals surface area contributed by atoms with Crippen LogP contribution >= 0.6 is 11.6 Å². The fraction of sp³-hybridized carbons (Fsp3) is 0.364. The number of amides is 2. The topological polar surface area (TPSA) is 67.2 Å². The summed E-state index contributed by atoms with van der Waals surface area (Å²) in [5.74, 6) is 0. The van der Waals surface area contributed by atoms with E-state index in [4.69, 9.17) is 17.3 Å². The number of hydrogen-bond acceptors (Lipinski definition) is 2. The molecule has 0 saturated carbocycles. The Morgan fingerprint density at radius 2 is 2.00 bits per heavy atom. The number of benzene rings is 1. The van der Waals surface area contributed by atoms with Gasteiger partial charge in [-0.2, -0.15) is 0 Å². The second-order valence-corrected chi connectivity index (χ2v) is 4.97. The molecule has 0 spiro atoms. The first-order chi connectivity index (χ1) is 7.28. The third-order valence-electron chi connectivity index (χ3n) is 1.74. The molecular weight excluding hydrogens is 226 g/mol. The molecule has 0 aliphatic carbocycles. The minimum Gasteiger partial charge on any atom is -0.397 e. The predicted octanol–water partition coefficient (Wildman–Crippen LogP) is 2.84. The molecule has 0 bridgehead atoms. The van der Waals surface area contributed by atoms with Crippen LogP contribution in [0, 0.1) is 0 Å². The number of carbonyl (C=O) groups excluding carboxylic acids is 1. The lowest BCUT2D eigenvalue weighted by Crippen LogP contribution is -2.43. The molecule has 5 heteroatoms. The Morgan fingerprint density at radius 1 is 1.38 bits per heavy atom. The van der Waals surface area contributed by atoms with E-state index in [1.165, 1.54) is 0 Å². The third kappa shape index (κ3) is 3.98. The zero-order chi connectivity index (χ0) is 12.3. The zero-order valence-electron chi connectivity index (χ0n) is 9.60. The van der Waals surface area contributed by atoms with Crippen LogP contribution < -0.4 is 16.4 Å². The molecule has 1 rings (SSSR count). The summed E-state index contributed by atoms with van der Waals surface area (Å²) in [5, 5.41) is 5.93. The van der Waals surface area contributed by atoms with Crippen LogP contribution in [0.2, 0.25) is 5.02 Å². The third-order valence-corrected chi connectivity index (χ3v) is 2.09. The van der Waals surface area contributed by atoms with Crippen LogP contribution in [0.5, 0.6) is 0 Å². The van der Waals surface area contributed by atoms with Gasteiger partial charge in [-0.15, -0.1) is 0 Å². The van der Waals surface area contributed by atoms with E-state index in [0.29, 0.717) is 16.4 Å². The molecule has 0 unspecified atom stereocenters. The highest BCUT2D eigenvalue weighted by Gasteiger charge is 2.13. The first kappa shape index (κ1) is 12.6. The second-order valence-electron chi connectivity index (χ2n) is 4.57. The normalized spacial score (nSPS) is 11.0. The van der Waals surface area contributed by atoms with Gasteiger partial charge in [0.15, 0.2) is 0 Å². The molecule has 4 nitrogen and oxygen atoms in total. The van der Waals surface area contributed by atoms with Gasteiger partial charge in [-0.25, -0.2) is 4.79 Å². The molecule has 2 amide bonds. The number of anilines is 2. The largest absolute Gasteiger partial charge is 0.397 e. The fourth-order valence-electron chi connectivity index (χ4n) is 1.12. The molecule has 0 aliphatic heterocycles. The van der Waals surface area contributed by atoms with Gasteiger partial charge < -0.3 is 16.4 Å². The Morgan fingerprint density at radius 3 is 2.50 bits per heavy atom. The smallest absolute Gasteiger partial charge is 0.319 e. The number of nitrogen functional groups attached to an aromatic ring is 1. The first-order valence-corrected chi connectivity index (χ1v) is 5.30. The van der Waals surface area contributed by atoms with E-state index in [-0.39, 0.29) is 11.6 Å². The molecule has 0 aliphatic rings.